The lowest BCUT2D eigenvalue weighted by Crippen LogP contribution is -2.15. The van der Waals surface area contributed by atoms with E-state index >= 15 is 0 Å². The zero-order valence-corrected chi connectivity index (χ0v) is 18.6. The van der Waals surface area contributed by atoms with Crippen molar-refractivity contribution in [3.05, 3.63) is 75.9 Å². The van der Waals surface area contributed by atoms with Crippen LogP contribution in [0.15, 0.2) is 75.2 Å². The van der Waals surface area contributed by atoms with Gasteiger partial charge in [0.1, 0.15) is 5.03 Å². The molecule has 8 heteroatoms. The Balaban J connectivity index is 1.82. The van der Waals surface area contributed by atoms with Crippen LogP contribution in [0.3, 0.4) is 0 Å². The zero-order chi connectivity index (χ0) is 20.8. The maximum Gasteiger partial charge on any atom is 0.258 e. The highest BCUT2D eigenvalue weighted by Gasteiger charge is 2.15. The molecular weight excluding hydrogens is 474 g/mol. The van der Waals surface area contributed by atoms with E-state index in [0.29, 0.717) is 33.4 Å². The van der Waals surface area contributed by atoms with Crippen molar-refractivity contribution in [3.63, 3.8) is 0 Å². The number of hydrogen-bond acceptors (Lipinski definition) is 4. The van der Waals surface area contributed by atoms with Gasteiger partial charge in [0.25, 0.3) is 5.91 Å². The second kappa shape index (κ2) is 9.91. The van der Waals surface area contributed by atoms with Gasteiger partial charge >= 0.3 is 0 Å². The average molecular weight is 491 g/mol. The van der Waals surface area contributed by atoms with E-state index in [1.54, 1.807) is 43.5 Å². The number of carbonyl (C=O) groups is 2. The molecule has 0 aliphatic rings. The second-order valence-corrected chi connectivity index (χ2v) is 8.35. The molecule has 1 heterocycles. The summed E-state index contributed by atoms with van der Waals surface area (Å²) >= 11 is 11.0. The van der Waals surface area contributed by atoms with E-state index in [4.69, 9.17) is 11.6 Å². The molecule has 0 radical (unpaired) electrons. The standard InChI is InChI=1S/C21H17BrClN3O2S/c1-2-19(27)25-14-7-10-17(23)18(12-14)26-20(28)16-4-3-11-24-21(16)29-15-8-5-13(22)6-9-15/h3-12H,2H2,1H3,(H,25,27)(H,26,28). The summed E-state index contributed by atoms with van der Waals surface area (Å²) in [5.74, 6) is -0.455. The Bertz CT molecular complexity index is 1040. The fourth-order valence-electron chi connectivity index (χ4n) is 2.40. The second-order valence-electron chi connectivity index (χ2n) is 5.96. The van der Waals surface area contributed by atoms with E-state index in [9.17, 15) is 9.59 Å². The highest BCUT2D eigenvalue weighted by Crippen LogP contribution is 2.31. The molecule has 0 aliphatic heterocycles. The molecule has 2 N–H and O–H groups in total. The highest BCUT2D eigenvalue weighted by molar-refractivity contribution is 9.10. The monoisotopic (exact) mass is 489 g/mol. The molecule has 2 amide bonds. The number of nitrogens with zero attached hydrogens (tertiary/aromatic N) is 1. The van der Waals surface area contributed by atoms with Gasteiger partial charge in [-0.25, -0.2) is 4.98 Å². The van der Waals surface area contributed by atoms with Gasteiger partial charge in [-0.15, -0.1) is 0 Å². The number of pyridine rings is 1. The summed E-state index contributed by atoms with van der Waals surface area (Å²) in [6, 6.07) is 16.1. The first-order chi connectivity index (χ1) is 14.0. The third-order valence-electron chi connectivity index (χ3n) is 3.86. The number of nitrogens with one attached hydrogen (secondary N) is 2. The first-order valence-electron chi connectivity index (χ1n) is 8.75. The minimum absolute atomic E-state index is 0.120. The van der Waals surface area contributed by atoms with Crippen LogP contribution in [0.1, 0.15) is 23.7 Å². The minimum Gasteiger partial charge on any atom is -0.326 e. The summed E-state index contributed by atoms with van der Waals surface area (Å²) < 4.78 is 0.977. The van der Waals surface area contributed by atoms with Crippen molar-refractivity contribution in [2.24, 2.45) is 0 Å². The summed E-state index contributed by atoms with van der Waals surface area (Å²) in [6.45, 7) is 1.76. The van der Waals surface area contributed by atoms with Crippen LogP contribution in [0, 0.1) is 0 Å². The van der Waals surface area contributed by atoms with Gasteiger partial charge in [0, 0.05) is 27.7 Å². The number of hydrogen-bond donors (Lipinski definition) is 2. The van der Waals surface area contributed by atoms with Gasteiger partial charge < -0.3 is 10.6 Å². The molecule has 0 atom stereocenters. The highest BCUT2D eigenvalue weighted by atomic mass is 79.9. The summed E-state index contributed by atoms with van der Waals surface area (Å²) in [5, 5.41) is 6.52. The third-order valence-corrected chi connectivity index (χ3v) is 5.75. The maximum atomic E-state index is 12.9. The predicted octanol–water partition coefficient (Wildman–Crippen LogP) is 6.25. The predicted molar refractivity (Wildman–Crippen MR) is 121 cm³/mol. The Morgan fingerprint density at radius 2 is 1.86 bits per heavy atom. The average Bonchev–Trinajstić information content (AvgIpc) is 2.72. The molecule has 2 aromatic carbocycles. The van der Waals surface area contributed by atoms with Crippen LogP contribution in [-0.4, -0.2) is 16.8 Å². The Labute approximate surface area is 186 Å². The maximum absolute atomic E-state index is 12.9. The van der Waals surface area contributed by atoms with Crippen molar-refractivity contribution in [1.29, 1.82) is 0 Å². The lowest BCUT2D eigenvalue weighted by atomic mass is 10.2. The van der Waals surface area contributed by atoms with Crippen molar-refractivity contribution < 1.29 is 9.59 Å². The molecule has 0 fully saturated rings. The van der Waals surface area contributed by atoms with Gasteiger partial charge in [0.05, 0.1) is 16.3 Å². The fourth-order valence-corrected chi connectivity index (χ4v) is 3.71. The lowest BCUT2D eigenvalue weighted by Gasteiger charge is -2.12. The number of amides is 2. The van der Waals surface area contributed by atoms with E-state index in [1.165, 1.54) is 11.8 Å². The molecule has 0 bridgehead atoms. The van der Waals surface area contributed by atoms with E-state index in [1.807, 2.05) is 24.3 Å². The Kier molecular flexibility index (Phi) is 7.30. The van der Waals surface area contributed by atoms with Crippen LogP contribution < -0.4 is 10.6 Å². The SMILES string of the molecule is CCC(=O)Nc1ccc(Cl)c(NC(=O)c2cccnc2Sc2ccc(Br)cc2)c1. The molecule has 5 nitrogen and oxygen atoms in total. The number of carbonyl (C=O) groups excluding carboxylic acids is 2. The number of rotatable bonds is 6. The molecule has 3 aromatic rings. The van der Waals surface area contributed by atoms with E-state index in [2.05, 4.69) is 31.5 Å². The minimum atomic E-state index is -0.335. The van der Waals surface area contributed by atoms with Crippen LogP contribution in [0.4, 0.5) is 11.4 Å². The quantitative estimate of drug-likeness (QED) is 0.428. The summed E-state index contributed by atoms with van der Waals surface area (Å²) in [5.41, 5.74) is 1.40. The largest absolute Gasteiger partial charge is 0.326 e. The fraction of sp³-hybridized carbons (Fsp3) is 0.0952. The van der Waals surface area contributed by atoms with Crippen LogP contribution in [0.25, 0.3) is 0 Å². The molecule has 148 valence electrons. The Hall–Kier alpha value is -2.35. The first-order valence-corrected chi connectivity index (χ1v) is 10.7. The Morgan fingerprint density at radius 3 is 2.59 bits per heavy atom. The molecule has 0 saturated heterocycles. The van der Waals surface area contributed by atoms with Gasteiger partial charge in [-0.05, 0) is 54.6 Å². The molecule has 0 spiro atoms. The van der Waals surface area contributed by atoms with E-state index < -0.39 is 0 Å². The van der Waals surface area contributed by atoms with Crippen molar-refractivity contribution in [3.8, 4) is 0 Å². The zero-order valence-electron chi connectivity index (χ0n) is 15.4. The number of halogens is 2. The van der Waals surface area contributed by atoms with Crippen molar-refractivity contribution in [2.45, 2.75) is 23.3 Å². The molecule has 29 heavy (non-hydrogen) atoms. The summed E-state index contributed by atoms with van der Waals surface area (Å²) in [7, 11) is 0. The molecule has 1 aromatic heterocycles. The van der Waals surface area contributed by atoms with Gasteiger partial charge in [-0.3, -0.25) is 9.59 Å². The van der Waals surface area contributed by atoms with Crippen molar-refractivity contribution >= 4 is 62.5 Å². The third kappa shape index (κ3) is 5.82. The molecule has 0 aliphatic carbocycles. The topological polar surface area (TPSA) is 71.1 Å². The molecule has 0 unspecified atom stereocenters. The number of benzene rings is 2. The number of anilines is 2. The number of aromatic nitrogens is 1. The molecule has 0 saturated carbocycles. The molecular formula is C21H17BrClN3O2S. The van der Waals surface area contributed by atoms with Gasteiger partial charge in [0.2, 0.25) is 5.91 Å². The molecule has 3 rings (SSSR count). The van der Waals surface area contributed by atoms with Crippen LogP contribution in [0.5, 0.6) is 0 Å². The van der Waals surface area contributed by atoms with Crippen molar-refractivity contribution in [1.82, 2.24) is 4.98 Å². The first kappa shape index (κ1) is 21.4. The smallest absolute Gasteiger partial charge is 0.258 e. The van der Waals surface area contributed by atoms with Gasteiger partial charge in [-0.1, -0.05) is 46.2 Å². The summed E-state index contributed by atoms with van der Waals surface area (Å²) in [4.78, 5) is 29.8. The van der Waals surface area contributed by atoms with Gasteiger partial charge in [-0.2, -0.15) is 0 Å². The Morgan fingerprint density at radius 1 is 1.10 bits per heavy atom. The normalized spacial score (nSPS) is 10.4. The van der Waals surface area contributed by atoms with Crippen LogP contribution >= 0.6 is 39.3 Å². The van der Waals surface area contributed by atoms with Crippen LogP contribution in [-0.2, 0) is 4.79 Å². The summed E-state index contributed by atoms with van der Waals surface area (Å²) in [6.07, 6.45) is 2.00. The van der Waals surface area contributed by atoms with Gasteiger partial charge in [0.15, 0.2) is 0 Å². The van der Waals surface area contributed by atoms with Crippen LogP contribution in [0.2, 0.25) is 5.02 Å². The van der Waals surface area contributed by atoms with E-state index in [-0.39, 0.29) is 11.8 Å². The van der Waals surface area contributed by atoms with E-state index in [0.717, 1.165) is 9.37 Å². The lowest BCUT2D eigenvalue weighted by molar-refractivity contribution is -0.115. The van der Waals surface area contributed by atoms with Crippen molar-refractivity contribution in [2.75, 3.05) is 10.6 Å².